The number of phenolic OH excluding ortho intramolecular Hbond substituents is 20. The molecule has 0 aliphatic heterocycles. The molecule has 2 bridgehead atoms. The summed E-state index contributed by atoms with van der Waals surface area (Å²) in [7, 11) is 0. The second kappa shape index (κ2) is 34.4. The van der Waals surface area contributed by atoms with Crippen LogP contribution in [0.4, 0.5) is 0 Å². The van der Waals surface area contributed by atoms with Crippen LogP contribution in [0, 0.1) is 28.6 Å². The molecule has 0 spiro atoms. The molecule has 0 amide bonds. The van der Waals surface area contributed by atoms with Gasteiger partial charge in [0.15, 0.2) is 115 Å². The van der Waals surface area contributed by atoms with Gasteiger partial charge in [-0.1, -0.05) is 82.1 Å². The molecule has 10 aromatic carbocycles. The molecule has 602 valence electrons. The molecule has 0 aromatic heterocycles. The van der Waals surface area contributed by atoms with Crippen molar-refractivity contribution in [3.8, 4) is 126 Å². The number of hydrogen-bond donors (Lipinski definition) is 20. The summed E-state index contributed by atoms with van der Waals surface area (Å²) in [6.07, 6.45) is 14.9. The van der Waals surface area contributed by atoms with Gasteiger partial charge in [-0.15, -0.1) is 0 Å². The summed E-state index contributed by atoms with van der Waals surface area (Å²) in [4.78, 5) is 0. The third kappa shape index (κ3) is 18.0. The fraction of sp³-hybridized carbons (Fsp3) is 0.348. The molecular formula is C92H102O22. The summed E-state index contributed by atoms with van der Waals surface area (Å²) < 4.78 is 10.6. The lowest BCUT2D eigenvalue weighted by Crippen LogP contribution is -2.31. The van der Waals surface area contributed by atoms with Crippen LogP contribution in [0.3, 0.4) is 0 Å². The van der Waals surface area contributed by atoms with Crippen LogP contribution in [-0.4, -0.2) is 115 Å². The zero-order valence-corrected chi connectivity index (χ0v) is 63.7. The van der Waals surface area contributed by atoms with Gasteiger partial charge in [0.05, 0.1) is 0 Å². The lowest BCUT2D eigenvalue weighted by Gasteiger charge is -2.41. The summed E-state index contributed by atoms with van der Waals surface area (Å²) in [5.74, 6) is 2.70. The zero-order chi connectivity index (χ0) is 81.6. The SMILES string of the molecule is CC1(C)C2CCC1(C)C(c1ccc(O)c(O)c1)C2c1ccc(O)c(O)c1.Oc1ccc(C2CC3CC(c4ccc(O)c(O)c4)CC3C2)cc1O.Oc1ccc(C2CCC(c3ccc(O)c(O)c3)CC2)cc1O.Oc1ccc(C2CCCCC2c2ccc(O)c(O)c2)cc1O.Oc1ccc(OCCOc2ccc(O)c(O)c2)cc1O. The molecule has 20 N–H and O–H groups in total. The molecule has 6 fully saturated rings. The van der Waals surface area contributed by atoms with E-state index in [1.807, 2.05) is 48.5 Å². The van der Waals surface area contributed by atoms with Gasteiger partial charge < -0.3 is 112 Å². The Hall–Kier alpha value is -12.2. The maximum absolute atomic E-state index is 10.1. The van der Waals surface area contributed by atoms with Gasteiger partial charge in [0, 0.05) is 12.1 Å². The van der Waals surface area contributed by atoms with Crippen molar-refractivity contribution < 1.29 is 112 Å². The average Bonchev–Trinajstić information content (AvgIpc) is 1.52. The van der Waals surface area contributed by atoms with Crippen LogP contribution in [0.5, 0.6) is 126 Å². The normalized spacial score (nSPS) is 23.5. The van der Waals surface area contributed by atoms with Crippen molar-refractivity contribution in [3.63, 3.8) is 0 Å². The highest BCUT2D eigenvalue weighted by molar-refractivity contribution is 5.52. The Morgan fingerprint density at radius 2 is 0.518 bits per heavy atom. The number of benzene rings is 10. The zero-order valence-electron chi connectivity index (χ0n) is 63.7. The highest BCUT2D eigenvalue weighted by Crippen LogP contribution is 2.76. The predicted octanol–water partition coefficient (Wildman–Crippen LogP) is 18.9. The van der Waals surface area contributed by atoms with Crippen LogP contribution in [0.15, 0.2) is 182 Å². The average molecular weight is 1560 g/mol. The molecule has 0 radical (unpaired) electrons. The highest BCUT2D eigenvalue weighted by Gasteiger charge is 2.66. The molecule has 6 aliphatic carbocycles. The maximum Gasteiger partial charge on any atom is 0.161 e. The molecular weight excluding hydrogens is 1460 g/mol. The van der Waals surface area contributed by atoms with Crippen LogP contribution in [0.1, 0.15) is 203 Å². The molecule has 6 saturated carbocycles. The number of ether oxygens (including phenoxy) is 2. The number of aromatic hydroxyl groups is 20. The van der Waals surface area contributed by atoms with E-state index in [4.69, 9.17) is 19.7 Å². The second-order valence-corrected chi connectivity index (χ2v) is 32.2. The Labute approximate surface area is 661 Å². The first-order chi connectivity index (χ1) is 54.3. The van der Waals surface area contributed by atoms with Crippen molar-refractivity contribution in [2.24, 2.45) is 28.6 Å². The molecule has 10 aromatic rings. The van der Waals surface area contributed by atoms with Crippen LogP contribution in [0.25, 0.3) is 0 Å². The lowest BCUT2D eigenvalue weighted by molar-refractivity contribution is 0.134. The molecule has 0 heterocycles. The van der Waals surface area contributed by atoms with E-state index in [0.717, 1.165) is 134 Å². The minimum Gasteiger partial charge on any atom is -0.504 e. The quantitative estimate of drug-likeness (QED) is 0.0376. The van der Waals surface area contributed by atoms with Crippen molar-refractivity contribution in [3.05, 3.63) is 226 Å². The van der Waals surface area contributed by atoms with E-state index in [1.54, 1.807) is 72.8 Å². The summed E-state index contributed by atoms with van der Waals surface area (Å²) in [5, 5.41) is 191. The van der Waals surface area contributed by atoms with E-state index in [2.05, 4.69) is 20.8 Å². The van der Waals surface area contributed by atoms with Crippen LogP contribution >= 0.6 is 0 Å². The van der Waals surface area contributed by atoms with Crippen molar-refractivity contribution in [1.82, 2.24) is 0 Å². The van der Waals surface area contributed by atoms with Gasteiger partial charge in [-0.25, -0.2) is 0 Å². The minimum absolute atomic E-state index is 0.0398. The molecule has 16 rings (SSSR count). The van der Waals surface area contributed by atoms with Gasteiger partial charge in [-0.2, -0.15) is 0 Å². The first kappa shape index (κ1) is 81.3. The molecule has 6 aliphatic rings. The molecule has 114 heavy (non-hydrogen) atoms. The van der Waals surface area contributed by atoms with Gasteiger partial charge >= 0.3 is 0 Å². The van der Waals surface area contributed by atoms with Crippen LogP contribution < -0.4 is 9.47 Å². The topological polar surface area (TPSA) is 423 Å². The lowest BCUT2D eigenvalue weighted by atomic mass is 9.63. The second-order valence-electron chi connectivity index (χ2n) is 32.2. The molecule has 22 nitrogen and oxygen atoms in total. The Morgan fingerprint density at radius 1 is 0.263 bits per heavy atom. The molecule has 22 heteroatoms. The Kier molecular flexibility index (Phi) is 24.5. The van der Waals surface area contributed by atoms with Gasteiger partial charge in [0.1, 0.15) is 24.7 Å². The summed E-state index contributed by atoms with van der Waals surface area (Å²) >= 11 is 0. The van der Waals surface area contributed by atoms with E-state index >= 15 is 0 Å². The van der Waals surface area contributed by atoms with Gasteiger partial charge in [0.2, 0.25) is 0 Å². The summed E-state index contributed by atoms with van der Waals surface area (Å²) in [6.45, 7) is 7.38. The monoisotopic (exact) mass is 1560 g/mol. The molecule has 6 unspecified atom stereocenters. The van der Waals surface area contributed by atoms with Crippen molar-refractivity contribution >= 4 is 0 Å². The van der Waals surface area contributed by atoms with E-state index in [0.29, 0.717) is 52.9 Å². The Balaban J connectivity index is 0.000000132. The van der Waals surface area contributed by atoms with Gasteiger partial charge in [-0.05, 0) is 319 Å². The number of fused-ring (bicyclic) bond motifs is 3. The third-order valence-electron chi connectivity index (χ3n) is 25.4. The standard InChI is InChI=1S/C22H26O4.C20H22O4.2C18H20O4.C14H14O6/c1-21(2)14-8-9-22(21,3)20(13-5-7-16(24)18(26)11-13)19(14)12-4-6-15(23)17(25)10-12;21-17-3-1-11(9-19(17)23)13-5-15-7-14(8-16(15)6-13)12-2-4-18(22)20(24)10-12;19-15-7-5-13(9-17(15)21)11-1-2-12(4-3-11)14-6-8-16(20)18(22)10-14;19-15-7-5-11(9-17(15)21)13-3-1-2-4-14(13)12-6-8-16(20)18(22)10-12;15-11-3-1-9(7-13(11)17)19-5-6-20-10-2-4-12(16)14(18)8-10/h4-7,10-11,14,19-20,23-26H,8-9H2,1-3H3;1-4,9-10,13-16,21-24H,5-8H2;5-12,19-22H,1-4H2;5-10,13-14,19-22H,1-4H2;1-4,7-8,15-18H,5-6H2. The van der Waals surface area contributed by atoms with E-state index in [-0.39, 0.29) is 163 Å². The van der Waals surface area contributed by atoms with Crippen molar-refractivity contribution in [1.29, 1.82) is 0 Å². The highest BCUT2D eigenvalue weighted by atomic mass is 16.5. The van der Waals surface area contributed by atoms with Gasteiger partial charge in [-0.3, -0.25) is 0 Å². The largest absolute Gasteiger partial charge is 0.504 e. The fourth-order valence-electron chi connectivity index (χ4n) is 18.9. The maximum atomic E-state index is 10.1. The number of phenols is 20. The van der Waals surface area contributed by atoms with E-state index in [9.17, 15) is 91.9 Å². The Morgan fingerprint density at radius 3 is 0.833 bits per heavy atom. The first-order valence-electron chi connectivity index (χ1n) is 38.8. The number of hydrogen-bond acceptors (Lipinski definition) is 22. The van der Waals surface area contributed by atoms with Crippen molar-refractivity contribution in [2.45, 2.75) is 158 Å². The van der Waals surface area contributed by atoms with Crippen molar-refractivity contribution in [2.75, 3.05) is 13.2 Å². The smallest absolute Gasteiger partial charge is 0.161 e. The van der Waals surface area contributed by atoms with E-state index in [1.165, 1.54) is 60.7 Å². The number of rotatable bonds is 13. The third-order valence-corrected chi connectivity index (χ3v) is 25.4. The van der Waals surface area contributed by atoms with Crippen LogP contribution in [0.2, 0.25) is 0 Å². The fourth-order valence-corrected chi connectivity index (χ4v) is 18.9. The first-order valence-corrected chi connectivity index (χ1v) is 38.8. The Bertz CT molecular complexity index is 4780. The minimum atomic E-state index is -0.258. The molecule has 6 atom stereocenters. The predicted molar refractivity (Wildman–Crippen MR) is 428 cm³/mol. The summed E-state index contributed by atoms with van der Waals surface area (Å²) in [6, 6.07) is 48.9. The van der Waals surface area contributed by atoms with Gasteiger partial charge in [0.25, 0.3) is 0 Å². The summed E-state index contributed by atoms with van der Waals surface area (Å²) in [5.41, 5.74) is 8.49. The molecule has 0 saturated heterocycles. The van der Waals surface area contributed by atoms with E-state index < -0.39 is 0 Å². The van der Waals surface area contributed by atoms with Crippen LogP contribution in [-0.2, 0) is 0 Å².